The normalized spacial score (nSPS) is 34.1. The van der Waals surface area contributed by atoms with Crippen LogP contribution in [0.1, 0.15) is 5.56 Å². The van der Waals surface area contributed by atoms with Crippen molar-refractivity contribution >= 4 is 0 Å². The maximum absolute atomic E-state index is 10.0. The Morgan fingerprint density at radius 3 is 2.45 bits per heavy atom. The maximum atomic E-state index is 10.0. The van der Waals surface area contributed by atoms with Crippen LogP contribution in [0.25, 0.3) is 0 Å². The first-order chi connectivity index (χ1) is 9.67. The molecule has 0 saturated carbocycles. The zero-order valence-electron chi connectivity index (χ0n) is 11.3. The lowest BCUT2D eigenvalue weighted by molar-refractivity contribution is -0.302. The molecule has 0 amide bonds. The monoisotopic (exact) mass is 284 g/mol. The molecule has 0 spiro atoms. The van der Waals surface area contributed by atoms with Crippen LogP contribution in [0.3, 0.4) is 0 Å². The van der Waals surface area contributed by atoms with Gasteiger partial charge < -0.3 is 29.5 Å². The highest BCUT2D eigenvalue weighted by atomic mass is 16.7. The number of methoxy groups -OCH3 is 1. The molecule has 6 nitrogen and oxygen atoms in total. The lowest BCUT2D eigenvalue weighted by Gasteiger charge is -2.41. The number of ether oxygens (including phenoxy) is 3. The van der Waals surface area contributed by atoms with Crippen LogP contribution in [0.5, 0.6) is 0 Å². The van der Waals surface area contributed by atoms with Gasteiger partial charge in [-0.25, -0.2) is 0 Å². The van der Waals surface area contributed by atoms with E-state index in [0.717, 1.165) is 5.56 Å². The summed E-state index contributed by atoms with van der Waals surface area (Å²) >= 11 is 0. The van der Waals surface area contributed by atoms with E-state index in [1.807, 2.05) is 30.3 Å². The van der Waals surface area contributed by atoms with E-state index in [0.29, 0.717) is 0 Å². The summed E-state index contributed by atoms with van der Waals surface area (Å²) in [6.45, 7) is -0.133. The van der Waals surface area contributed by atoms with Gasteiger partial charge in [0.2, 0.25) is 0 Å². The fraction of sp³-hybridized carbons (Fsp3) is 0.571. The third-order valence-corrected chi connectivity index (χ3v) is 3.37. The maximum Gasteiger partial charge on any atom is 0.184 e. The van der Waals surface area contributed by atoms with Crippen LogP contribution in [-0.2, 0) is 20.8 Å². The average molecular weight is 284 g/mol. The van der Waals surface area contributed by atoms with Gasteiger partial charge in [0.1, 0.15) is 24.4 Å². The van der Waals surface area contributed by atoms with Gasteiger partial charge in [0.15, 0.2) is 6.29 Å². The highest BCUT2D eigenvalue weighted by Crippen LogP contribution is 2.25. The van der Waals surface area contributed by atoms with Crippen molar-refractivity contribution < 1.29 is 29.5 Å². The molecule has 3 N–H and O–H groups in total. The molecule has 1 aromatic rings. The van der Waals surface area contributed by atoms with E-state index in [2.05, 4.69) is 0 Å². The van der Waals surface area contributed by atoms with Crippen molar-refractivity contribution in [3.8, 4) is 0 Å². The van der Waals surface area contributed by atoms with E-state index < -0.39 is 37.3 Å². The molecule has 1 aliphatic rings. The largest absolute Gasteiger partial charge is 0.394 e. The first kappa shape index (κ1) is 15.4. The lowest BCUT2D eigenvalue weighted by Crippen LogP contribution is -2.59. The smallest absolute Gasteiger partial charge is 0.184 e. The van der Waals surface area contributed by atoms with Crippen molar-refractivity contribution in [2.45, 2.75) is 37.3 Å². The Bertz CT molecular complexity index is 398. The summed E-state index contributed by atoms with van der Waals surface area (Å²) in [5, 5.41) is 29.0. The van der Waals surface area contributed by atoms with Crippen molar-refractivity contribution in [2.24, 2.45) is 0 Å². The number of hydrogen-bond acceptors (Lipinski definition) is 6. The van der Waals surface area contributed by atoms with Crippen molar-refractivity contribution in [3.05, 3.63) is 35.9 Å². The lowest BCUT2D eigenvalue weighted by atomic mass is 9.99. The predicted octanol–water partition coefficient (Wildman–Crippen LogP) is -0.343. The summed E-state index contributed by atoms with van der Waals surface area (Å²) in [5.74, 6) is 0. The zero-order valence-corrected chi connectivity index (χ0v) is 11.3. The van der Waals surface area contributed by atoms with E-state index in [4.69, 9.17) is 19.3 Å². The number of rotatable bonds is 5. The van der Waals surface area contributed by atoms with Gasteiger partial charge in [0, 0.05) is 7.11 Å². The van der Waals surface area contributed by atoms with Crippen LogP contribution in [0, 0.1) is 0 Å². The van der Waals surface area contributed by atoms with Crippen molar-refractivity contribution in [3.63, 3.8) is 0 Å². The molecule has 1 fully saturated rings. The van der Waals surface area contributed by atoms with Crippen LogP contribution in [-0.4, -0.2) is 59.7 Å². The summed E-state index contributed by atoms with van der Waals surface area (Å²) in [6.07, 6.45) is -4.79. The molecule has 0 radical (unpaired) electrons. The third-order valence-electron chi connectivity index (χ3n) is 3.37. The van der Waals surface area contributed by atoms with Gasteiger partial charge in [-0.3, -0.25) is 0 Å². The Balaban J connectivity index is 2.01. The predicted molar refractivity (Wildman–Crippen MR) is 69.8 cm³/mol. The van der Waals surface area contributed by atoms with Gasteiger partial charge in [-0.15, -0.1) is 0 Å². The molecule has 0 aliphatic carbocycles. The Hall–Kier alpha value is -1.02. The van der Waals surface area contributed by atoms with Gasteiger partial charge in [0.25, 0.3) is 0 Å². The van der Waals surface area contributed by atoms with E-state index in [-0.39, 0.29) is 6.61 Å². The molecule has 1 heterocycles. The average Bonchev–Trinajstić information content (AvgIpc) is 2.48. The summed E-state index contributed by atoms with van der Waals surface area (Å²) in [7, 11) is 1.42. The minimum absolute atomic E-state index is 0.266. The Morgan fingerprint density at radius 1 is 1.15 bits per heavy atom. The highest BCUT2D eigenvalue weighted by Gasteiger charge is 2.45. The Labute approximate surface area is 117 Å². The Kier molecular flexibility index (Phi) is 5.47. The first-order valence-corrected chi connectivity index (χ1v) is 6.48. The molecule has 112 valence electrons. The number of benzene rings is 1. The molecule has 0 bridgehead atoms. The molecule has 2 unspecified atom stereocenters. The molecular weight excluding hydrogens is 264 g/mol. The standard InChI is InChI=1S/C14H20O6/c1-18-12-11(16)10(7-15)20-14(17)13(12)19-8-9-5-3-2-4-6-9/h2-6,10-17H,7-8H2,1H3/t10?,11-,12+,13?,14+/m1/s1. The van der Waals surface area contributed by atoms with E-state index in [1.165, 1.54) is 7.11 Å². The fourth-order valence-electron chi connectivity index (χ4n) is 2.27. The van der Waals surface area contributed by atoms with Gasteiger partial charge in [0.05, 0.1) is 13.2 Å². The first-order valence-electron chi connectivity index (χ1n) is 6.48. The van der Waals surface area contributed by atoms with E-state index in [1.54, 1.807) is 0 Å². The van der Waals surface area contributed by atoms with Gasteiger partial charge in [-0.1, -0.05) is 30.3 Å². The fourth-order valence-corrected chi connectivity index (χ4v) is 2.27. The molecular formula is C14H20O6. The third kappa shape index (κ3) is 3.35. The summed E-state index contributed by atoms with van der Waals surface area (Å²) in [5.41, 5.74) is 0.938. The summed E-state index contributed by atoms with van der Waals surface area (Å²) in [4.78, 5) is 0. The second kappa shape index (κ2) is 7.12. The molecule has 1 aromatic carbocycles. The molecule has 0 aromatic heterocycles. The van der Waals surface area contributed by atoms with Crippen LogP contribution >= 0.6 is 0 Å². The van der Waals surface area contributed by atoms with Crippen molar-refractivity contribution in [1.82, 2.24) is 0 Å². The van der Waals surface area contributed by atoms with Crippen LogP contribution < -0.4 is 0 Å². The molecule has 1 aliphatic heterocycles. The van der Waals surface area contributed by atoms with Crippen LogP contribution in [0.4, 0.5) is 0 Å². The molecule has 2 rings (SSSR count). The van der Waals surface area contributed by atoms with Crippen LogP contribution in [0.15, 0.2) is 30.3 Å². The van der Waals surface area contributed by atoms with Gasteiger partial charge >= 0.3 is 0 Å². The minimum Gasteiger partial charge on any atom is -0.394 e. The minimum atomic E-state index is -1.26. The summed E-state index contributed by atoms with van der Waals surface area (Å²) < 4.78 is 15.9. The van der Waals surface area contributed by atoms with Crippen molar-refractivity contribution in [2.75, 3.05) is 13.7 Å². The Morgan fingerprint density at radius 2 is 1.85 bits per heavy atom. The quantitative estimate of drug-likeness (QED) is 0.685. The number of hydrogen-bond donors (Lipinski definition) is 3. The summed E-state index contributed by atoms with van der Waals surface area (Å²) in [6, 6.07) is 9.46. The van der Waals surface area contributed by atoms with Gasteiger partial charge in [-0.05, 0) is 5.56 Å². The van der Waals surface area contributed by atoms with Gasteiger partial charge in [-0.2, -0.15) is 0 Å². The molecule has 1 saturated heterocycles. The number of aliphatic hydroxyl groups is 3. The molecule has 5 atom stereocenters. The van der Waals surface area contributed by atoms with Crippen molar-refractivity contribution in [1.29, 1.82) is 0 Å². The SMILES string of the molecule is CO[C@@H]1C(OCc2ccccc2)[C@@H](O)OC(CO)[C@H]1O. The van der Waals surface area contributed by atoms with E-state index in [9.17, 15) is 10.2 Å². The van der Waals surface area contributed by atoms with Crippen LogP contribution in [0.2, 0.25) is 0 Å². The number of aliphatic hydroxyl groups excluding tert-OH is 3. The molecule has 6 heteroatoms. The van der Waals surface area contributed by atoms with E-state index >= 15 is 0 Å². The second-order valence-corrected chi connectivity index (χ2v) is 4.70. The zero-order chi connectivity index (χ0) is 14.5. The topological polar surface area (TPSA) is 88.4 Å². The molecule has 20 heavy (non-hydrogen) atoms. The second-order valence-electron chi connectivity index (χ2n) is 4.70. The highest BCUT2D eigenvalue weighted by molar-refractivity contribution is 5.13.